The molecule has 162 valence electrons. The molecule has 0 heterocycles. The zero-order chi connectivity index (χ0) is 21.6. The number of nitrogens with zero attached hydrogens (tertiary/aromatic N) is 1. The van der Waals surface area contributed by atoms with Crippen LogP contribution in [0, 0.1) is 11.3 Å². The highest BCUT2D eigenvalue weighted by Gasteiger charge is 2.17. The molecule has 0 saturated heterocycles. The van der Waals surface area contributed by atoms with Crippen LogP contribution < -0.4 is 10.6 Å². The van der Waals surface area contributed by atoms with E-state index in [2.05, 4.69) is 10.6 Å². The number of ether oxygens (including phenoxy) is 1. The highest BCUT2D eigenvalue weighted by molar-refractivity contribution is 5.99. The Morgan fingerprint density at radius 1 is 1.00 bits per heavy atom. The van der Waals surface area contributed by atoms with Gasteiger partial charge in [0.15, 0.2) is 0 Å². The van der Waals surface area contributed by atoms with E-state index < -0.39 is 5.97 Å². The molecule has 1 saturated carbocycles. The van der Waals surface area contributed by atoms with E-state index in [1.165, 1.54) is 58.3 Å². The molecule has 1 aliphatic carbocycles. The summed E-state index contributed by atoms with van der Waals surface area (Å²) < 4.78 is 4.77. The summed E-state index contributed by atoms with van der Waals surface area (Å²) in [5, 5.41) is 15.4. The molecule has 2 N–H and O–H groups in total. The van der Waals surface area contributed by atoms with Gasteiger partial charge < -0.3 is 15.4 Å². The van der Waals surface area contributed by atoms with Crippen LogP contribution in [0.2, 0.25) is 0 Å². The first-order valence-corrected chi connectivity index (χ1v) is 11.0. The van der Waals surface area contributed by atoms with Gasteiger partial charge in [-0.3, -0.25) is 4.79 Å². The van der Waals surface area contributed by atoms with Crippen molar-refractivity contribution in [2.75, 3.05) is 12.4 Å². The zero-order valence-corrected chi connectivity index (χ0v) is 17.9. The fraction of sp³-hybridized carbons (Fsp3) is 0.542. The quantitative estimate of drug-likeness (QED) is 0.400. The minimum absolute atomic E-state index is 0.0132. The second-order valence-corrected chi connectivity index (χ2v) is 7.78. The lowest BCUT2D eigenvalue weighted by Gasteiger charge is -2.19. The summed E-state index contributed by atoms with van der Waals surface area (Å²) in [7, 11) is 1.31. The van der Waals surface area contributed by atoms with Crippen molar-refractivity contribution in [1.82, 2.24) is 5.32 Å². The smallest absolute Gasteiger partial charge is 0.339 e. The minimum Gasteiger partial charge on any atom is -0.465 e. The summed E-state index contributed by atoms with van der Waals surface area (Å²) >= 11 is 0. The molecule has 6 nitrogen and oxygen atoms in total. The molecule has 1 aromatic rings. The number of nitriles is 1. The number of amides is 1. The molecule has 0 atom stereocenters. The molecule has 0 aromatic heterocycles. The molecule has 1 fully saturated rings. The molecule has 0 aliphatic heterocycles. The first kappa shape index (κ1) is 23.5. The van der Waals surface area contributed by atoms with Gasteiger partial charge in [0.05, 0.1) is 18.4 Å². The Balaban J connectivity index is 2.00. The third-order valence-electron chi connectivity index (χ3n) is 5.51. The third kappa shape index (κ3) is 7.90. The van der Waals surface area contributed by atoms with Gasteiger partial charge in [-0.15, -0.1) is 0 Å². The van der Waals surface area contributed by atoms with Crippen LogP contribution in [0.25, 0.3) is 0 Å². The standard InChI is InChI=1S/C24H33N3O3/c1-30-24(29)21-15-11-12-16-22(21)26-18-19(17-25)23(28)27-20-13-9-7-5-3-2-4-6-8-10-14-20/h11-12,15-16,18,20,26H,2-10,13-14H2,1H3,(H,27,28)/b19-18-. The fourth-order valence-electron chi connectivity index (χ4n) is 3.77. The number of nitrogens with one attached hydrogen (secondary N) is 2. The molecule has 30 heavy (non-hydrogen) atoms. The van der Waals surface area contributed by atoms with Crippen molar-refractivity contribution >= 4 is 17.6 Å². The zero-order valence-electron chi connectivity index (χ0n) is 17.9. The van der Waals surface area contributed by atoms with Gasteiger partial charge in [-0.05, 0) is 25.0 Å². The Labute approximate surface area is 179 Å². The minimum atomic E-state index is -0.484. The molecule has 1 aliphatic rings. The Kier molecular flexibility index (Phi) is 10.5. The number of para-hydroxylation sites is 1. The van der Waals surface area contributed by atoms with E-state index in [1.54, 1.807) is 24.3 Å². The molecular weight excluding hydrogens is 378 g/mol. The third-order valence-corrected chi connectivity index (χ3v) is 5.51. The van der Waals surface area contributed by atoms with E-state index in [4.69, 9.17) is 4.74 Å². The number of carbonyl (C=O) groups excluding carboxylic acids is 2. The summed E-state index contributed by atoms with van der Waals surface area (Å²) in [6, 6.07) is 8.87. The van der Waals surface area contributed by atoms with Crippen LogP contribution in [0.1, 0.15) is 81.0 Å². The fourth-order valence-corrected chi connectivity index (χ4v) is 3.77. The number of anilines is 1. The van der Waals surface area contributed by atoms with E-state index in [0.717, 1.165) is 25.7 Å². The molecule has 1 aromatic carbocycles. The van der Waals surface area contributed by atoms with E-state index in [1.807, 2.05) is 6.07 Å². The summed E-state index contributed by atoms with van der Waals surface area (Å²) in [6.07, 6.45) is 14.3. The maximum Gasteiger partial charge on any atom is 0.339 e. The van der Waals surface area contributed by atoms with Gasteiger partial charge in [0.25, 0.3) is 5.91 Å². The van der Waals surface area contributed by atoms with Crippen molar-refractivity contribution in [3.63, 3.8) is 0 Å². The van der Waals surface area contributed by atoms with Crippen LogP contribution in [0.3, 0.4) is 0 Å². The molecule has 2 rings (SSSR count). The summed E-state index contributed by atoms with van der Waals surface area (Å²) in [5.41, 5.74) is 0.810. The lowest BCUT2D eigenvalue weighted by molar-refractivity contribution is -0.117. The maximum atomic E-state index is 12.7. The van der Waals surface area contributed by atoms with Gasteiger partial charge in [-0.25, -0.2) is 4.79 Å². The lowest BCUT2D eigenvalue weighted by Crippen LogP contribution is -2.35. The number of methoxy groups -OCH3 is 1. The largest absolute Gasteiger partial charge is 0.465 e. The van der Waals surface area contributed by atoms with Gasteiger partial charge >= 0.3 is 5.97 Å². The number of rotatable bonds is 5. The van der Waals surface area contributed by atoms with Crippen LogP contribution in [0.15, 0.2) is 36.0 Å². The monoisotopic (exact) mass is 411 g/mol. The predicted octanol–water partition coefficient (Wildman–Crippen LogP) is 5.08. The summed E-state index contributed by atoms with van der Waals surface area (Å²) in [5.74, 6) is -0.861. The molecule has 0 radical (unpaired) electrons. The second-order valence-electron chi connectivity index (χ2n) is 7.78. The number of esters is 1. The number of hydrogen-bond acceptors (Lipinski definition) is 5. The first-order chi connectivity index (χ1) is 14.7. The van der Waals surface area contributed by atoms with Gasteiger partial charge in [-0.1, -0.05) is 69.9 Å². The lowest BCUT2D eigenvalue weighted by atomic mass is 9.98. The molecule has 0 unspecified atom stereocenters. The maximum absolute atomic E-state index is 12.7. The number of hydrogen-bond donors (Lipinski definition) is 2. The van der Waals surface area contributed by atoms with Gasteiger partial charge in [-0.2, -0.15) is 5.26 Å². The topological polar surface area (TPSA) is 91.2 Å². The van der Waals surface area contributed by atoms with Crippen LogP contribution in [-0.4, -0.2) is 25.0 Å². The van der Waals surface area contributed by atoms with Crippen LogP contribution in [-0.2, 0) is 9.53 Å². The number of carbonyl (C=O) groups is 2. The molecule has 0 bridgehead atoms. The van der Waals surface area contributed by atoms with E-state index in [0.29, 0.717) is 11.3 Å². The van der Waals surface area contributed by atoms with Gasteiger partial charge in [0.2, 0.25) is 0 Å². The van der Waals surface area contributed by atoms with Crippen LogP contribution in [0.4, 0.5) is 5.69 Å². The van der Waals surface area contributed by atoms with Crippen molar-refractivity contribution in [2.24, 2.45) is 0 Å². The Bertz CT molecular complexity index is 755. The average Bonchev–Trinajstić information content (AvgIpc) is 2.75. The average molecular weight is 412 g/mol. The number of benzene rings is 1. The highest BCUT2D eigenvalue weighted by Crippen LogP contribution is 2.18. The summed E-state index contributed by atoms with van der Waals surface area (Å²) in [6.45, 7) is 0. The summed E-state index contributed by atoms with van der Waals surface area (Å²) in [4.78, 5) is 24.6. The van der Waals surface area contributed by atoms with Crippen molar-refractivity contribution in [3.8, 4) is 6.07 Å². The Morgan fingerprint density at radius 2 is 1.57 bits per heavy atom. The van der Waals surface area contributed by atoms with Crippen molar-refractivity contribution in [3.05, 3.63) is 41.6 Å². The SMILES string of the molecule is COC(=O)c1ccccc1N/C=C(/C#N)C(=O)NC1CCCCCCCCCCC1. The molecule has 0 spiro atoms. The second kappa shape index (κ2) is 13.4. The van der Waals surface area contributed by atoms with Gasteiger partial charge in [0, 0.05) is 12.2 Å². The predicted molar refractivity (Wildman–Crippen MR) is 118 cm³/mol. The Morgan fingerprint density at radius 3 is 2.13 bits per heavy atom. The normalized spacial score (nSPS) is 17.0. The Hall–Kier alpha value is -2.81. The van der Waals surface area contributed by atoms with Crippen molar-refractivity contribution < 1.29 is 14.3 Å². The van der Waals surface area contributed by atoms with Crippen LogP contribution >= 0.6 is 0 Å². The highest BCUT2D eigenvalue weighted by atomic mass is 16.5. The van der Waals surface area contributed by atoms with E-state index >= 15 is 0 Å². The van der Waals surface area contributed by atoms with Crippen LogP contribution in [0.5, 0.6) is 0 Å². The first-order valence-electron chi connectivity index (χ1n) is 11.0. The molecule has 1 amide bonds. The molecular formula is C24H33N3O3. The van der Waals surface area contributed by atoms with Crippen molar-refractivity contribution in [1.29, 1.82) is 5.26 Å². The van der Waals surface area contributed by atoms with E-state index in [-0.39, 0.29) is 17.5 Å². The van der Waals surface area contributed by atoms with E-state index in [9.17, 15) is 14.9 Å². The van der Waals surface area contributed by atoms with Crippen molar-refractivity contribution in [2.45, 2.75) is 76.7 Å². The molecule has 6 heteroatoms. The van der Waals surface area contributed by atoms with Gasteiger partial charge in [0.1, 0.15) is 11.6 Å².